The summed E-state index contributed by atoms with van der Waals surface area (Å²) < 4.78 is 0. The van der Waals surface area contributed by atoms with E-state index in [1.54, 1.807) is 0 Å². The topological polar surface area (TPSA) is 31.5 Å². The van der Waals surface area contributed by atoms with Crippen molar-refractivity contribution < 1.29 is 57.9 Å². The van der Waals surface area contributed by atoms with E-state index in [-0.39, 0.29) is 57.9 Å². The zero-order valence-electron chi connectivity index (χ0n) is 19.8. The fourth-order valence-electron chi connectivity index (χ4n) is 1.97. The van der Waals surface area contributed by atoms with Crippen molar-refractivity contribution in [1.29, 1.82) is 0 Å². The van der Waals surface area contributed by atoms with Crippen LogP contribution in [-0.4, -0.2) is 5.48 Å². The van der Waals surface area contributed by atoms with Crippen LogP contribution in [0.4, 0.5) is 0 Å². The Balaban J connectivity index is -0.000000346. The van der Waals surface area contributed by atoms with E-state index in [1.807, 2.05) is 182 Å². The van der Waals surface area contributed by atoms with Gasteiger partial charge in [0.25, 0.3) is 0 Å². The molecule has 0 unspecified atom stereocenters. The van der Waals surface area contributed by atoms with Gasteiger partial charge in [-0.15, -0.1) is 0 Å². The third kappa shape index (κ3) is 31.6. The number of benzene rings is 2. The van der Waals surface area contributed by atoms with Gasteiger partial charge in [0.2, 0.25) is 0 Å². The Morgan fingerprint density at radius 1 is 0.286 bits per heavy atom. The van der Waals surface area contributed by atoms with Gasteiger partial charge in [-0.1, -0.05) is 0 Å². The van der Waals surface area contributed by atoms with Crippen molar-refractivity contribution in [1.82, 2.24) is 0 Å². The van der Waals surface area contributed by atoms with Crippen molar-refractivity contribution in [3.63, 3.8) is 0 Å². The van der Waals surface area contributed by atoms with Gasteiger partial charge in [0, 0.05) is 0 Å². The Morgan fingerprint density at radius 2 is 0.486 bits per heavy atom. The van der Waals surface area contributed by atoms with Gasteiger partial charge in [0.05, 0.1) is 0 Å². The van der Waals surface area contributed by atoms with E-state index < -0.39 is 0 Å². The predicted octanol–water partition coefficient (Wildman–Crippen LogP) is 7.77. The fourth-order valence-corrected chi connectivity index (χ4v) is 1.97. The molecule has 0 atom stereocenters. The summed E-state index contributed by atoms with van der Waals surface area (Å²) in [6.07, 6.45) is 0. The molecule has 0 spiro atoms. The van der Waals surface area contributed by atoms with E-state index in [1.165, 1.54) is 0 Å². The van der Waals surface area contributed by atoms with Crippen LogP contribution in [0, 0.1) is 12.1 Å². The van der Waals surface area contributed by atoms with Crippen LogP contribution >= 0.6 is 0 Å². The zero-order valence-corrected chi connectivity index (χ0v) is 24.7. The molecule has 6 aromatic rings. The van der Waals surface area contributed by atoms with Crippen LogP contribution in [-0.2, 0) is 52.4 Å². The first-order valence-electron chi connectivity index (χ1n) is 10.5. The van der Waals surface area contributed by atoms with Crippen molar-refractivity contribution in [2.45, 2.75) is 0 Å². The van der Waals surface area contributed by atoms with E-state index in [0.29, 0.717) is 0 Å². The molecular weight excluding hydrogens is 583 g/mol. The minimum absolute atomic E-state index is 0. The molecule has 174 valence electrons. The van der Waals surface area contributed by atoms with E-state index in [2.05, 4.69) is 12.1 Å². The Bertz CT molecular complexity index is 684. The van der Waals surface area contributed by atoms with E-state index >= 15 is 0 Å². The second-order valence-electron chi connectivity index (χ2n) is 6.00. The van der Waals surface area contributed by atoms with Crippen molar-refractivity contribution in [3.05, 3.63) is 194 Å². The van der Waals surface area contributed by atoms with E-state index in [9.17, 15) is 0 Å². The number of hydrogen-bond donors (Lipinski definition) is 0. The maximum atomic E-state index is 2.89. The molecule has 0 amide bonds. The summed E-state index contributed by atoms with van der Waals surface area (Å²) in [6, 6.07) is 65.0. The van der Waals surface area contributed by atoms with E-state index in [4.69, 9.17) is 0 Å². The Morgan fingerprint density at radius 3 is 0.543 bits per heavy atom. The number of hydrogen-bond acceptors (Lipinski definition) is 0. The minimum atomic E-state index is 0. The molecule has 0 saturated heterocycles. The van der Waals surface area contributed by atoms with Gasteiger partial charge in [-0.05, 0) is 0 Å². The molecule has 0 fully saturated rings. The molecule has 1 nitrogen and oxygen atoms in total. The summed E-state index contributed by atoms with van der Waals surface area (Å²) in [7, 11) is 0. The molecule has 6 rings (SSSR count). The van der Waals surface area contributed by atoms with Gasteiger partial charge in [-0.25, -0.2) is 48.5 Å². The van der Waals surface area contributed by atoms with Crippen LogP contribution in [0.25, 0.3) is 0 Å². The maximum absolute atomic E-state index is 2.89. The molecule has 2 radical (unpaired) electrons. The average molecular weight is 615 g/mol. The predicted molar refractivity (Wildman–Crippen MR) is 142 cm³/mol. The van der Waals surface area contributed by atoms with Gasteiger partial charge in [-0.2, -0.15) is 146 Å². The molecule has 3 heteroatoms. The SMILES string of the molecule is O.[Zr+3].[Zr+3].[c-]1ccccc1.[c-]1ccccc1.c1cc[cH-]c1.c1cc[cH-]c1.c1cc[cH-]c1.c1cc[cH-]c1. The molecule has 0 aliphatic carbocycles. The smallest absolute Gasteiger partial charge is 0.412 e. The van der Waals surface area contributed by atoms with Crippen molar-refractivity contribution in [2.75, 3.05) is 0 Å². The molecule has 0 aliphatic heterocycles. The quantitative estimate of drug-likeness (QED) is 0.157. The molecule has 0 aliphatic rings. The standard InChI is InChI=1S/2C6H5.4C5H5.H2O.2Zr/c2*1-2-4-6-5-3-1;4*1-2-4-5-3-1;;;/h2*1-5H;4*1-5H;1H2;;/q6*-1;;2*+3. The third-order valence-corrected chi connectivity index (χ3v) is 3.44. The van der Waals surface area contributed by atoms with Crippen molar-refractivity contribution in [2.24, 2.45) is 0 Å². The average Bonchev–Trinajstić information content (AvgIpc) is 3.73. The Hall–Kier alpha value is -2.43. The van der Waals surface area contributed by atoms with Crippen LogP contribution in [0.3, 0.4) is 0 Å². The van der Waals surface area contributed by atoms with Gasteiger partial charge in [0.1, 0.15) is 0 Å². The summed E-state index contributed by atoms with van der Waals surface area (Å²) in [6.45, 7) is 0. The fraction of sp³-hybridized carbons (Fsp3) is 0. The first-order chi connectivity index (χ1) is 16.0. The molecule has 35 heavy (non-hydrogen) atoms. The summed E-state index contributed by atoms with van der Waals surface area (Å²) in [4.78, 5) is 0. The summed E-state index contributed by atoms with van der Waals surface area (Å²) >= 11 is 0. The van der Waals surface area contributed by atoms with Crippen LogP contribution in [0.2, 0.25) is 0 Å². The monoisotopic (exact) mass is 612 g/mol. The van der Waals surface area contributed by atoms with E-state index in [0.717, 1.165) is 0 Å². The molecule has 0 bridgehead atoms. The Kier molecular flexibility index (Phi) is 35.8. The summed E-state index contributed by atoms with van der Waals surface area (Å²) in [5, 5.41) is 0. The van der Waals surface area contributed by atoms with Crippen LogP contribution in [0.1, 0.15) is 0 Å². The zero-order chi connectivity index (χ0) is 22.6. The first-order valence-corrected chi connectivity index (χ1v) is 10.5. The molecule has 2 N–H and O–H groups in total. The Labute approximate surface area is 250 Å². The summed E-state index contributed by atoms with van der Waals surface area (Å²) in [5.41, 5.74) is 0. The summed E-state index contributed by atoms with van der Waals surface area (Å²) in [5.74, 6) is 0. The van der Waals surface area contributed by atoms with Crippen LogP contribution in [0.5, 0.6) is 0 Å². The molecule has 0 heterocycles. The van der Waals surface area contributed by atoms with Gasteiger partial charge in [0.15, 0.2) is 0 Å². The molecule has 0 aromatic heterocycles. The largest absolute Gasteiger partial charge is 3.00 e. The third-order valence-electron chi connectivity index (χ3n) is 3.44. The van der Waals surface area contributed by atoms with Gasteiger partial charge in [-0.3, -0.25) is 0 Å². The van der Waals surface area contributed by atoms with Crippen molar-refractivity contribution in [3.8, 4) is 0 Å². The van der Waals surface area contributed by atoms with Gasteiger partial charge < -0.3 is 5.48 Å². The second kappa shape index (κ2) is 33.7. The van der Waals surface area contributed by atoms with Crippen molar-refractivity contribution >= 4 is 0 Å². The van der Waals surface area contributed by atoms with Crippen LogP contribution in [0.15, 0.2) is 182 Å². The van der Waals surface area contributed by atoms with Gasteiger partial charge >= 0.3 is 52.4 Å². The minimum Gasteiger partial charge on any atom is -0.412 e. The van der Waals surface area contributed by atoms with Crippen LogP contribution < -0.4 is 0 Å². The molecule has 6 aromatic carbocycles. The normalized spacial score (nSPS) is 7.31. The molecule has 0 saturated carbocycles. The molecular formula is C32H32OZr2. The number of rotatable bonds is 0. The first kappa shape index (κ1) is 37.1. The maximum Gasteiger partial charge on any atom is 3.00 e. The second-order valence-corrected chi connectivity index (χ2v) is 6.00.